The molecule has 0 aromatic carbocycles. The minimum Gasteiger partial charge on any atom is -0.462 e. The standard InChI is InChI=1S/C42H77N3O15P2/c1-5-33(4)24-20-16-12-9-10-13-17-21-25-37(46)55-29-34(58-38(47)26-22-18-14-8-6-7-11-15-19-23-32(2)3)30-56-61(51,52)60-62(53,54)57-31-35-39(48)40(49)41(59-35)45-28-27-36(43)44-42(45)50/h27-28,32-35,39-41,48-49H,5-26,29-31H2,1-4H3,(H,51,52)(H,53,54)(H2,43,44,50)/t33?,34-,35-,39+,40?,41-/m1/s1. The first-order valence-corrected chi connectivity index (χ1v) is 25.8. The van der Waals surface area contributed by atoms with Crippen molar-refractivity contribution >= 4 is 33.4 Å². The molecule has 360 valence electrons. The Balaban J connectivity index is 1.84. The quantitative estimate of drug-likeness (QED) is 0.0242. The van der Waals surface area contributed by atoms with E-state index < -0.39 is 83.7 Å². The van der Waals surface area contributed by atoms with Crippen LogP contribution in [0.15, 0.2) is 17.1 Å². The molecule has 8 atom stereocenters. The average Bonchev–Trinajstić information content (AvgIpc) is 3.48. The van der Waals surface area contributed by atoms with Crippen LogP contribution in [0, 0.1) is 11.8 Å². The number of hydrogen-bond acceptors (Lipinski definition) is 15. The molecule has 1 fully saturated rings. The van der Waals surface area contributed by atoms with Gasteiger partial charge in [-0.25, -0.2) is 13.9 Å². The third-order valence-corrected chi connectivity index (χ3v) is 13.5. The molecule has 0 spiro atoms. The highest BCUT2D eigenvalue weighted by atomic mass is 31.3. The molecule has 1 saturated heterocycles. The van der Waals surface area contributed by atoms with Crippen molar-refractivity contribution in [2.75, 3.05) is 25.6 Å². The minimum absolute atomic E-state index is 0.0542. The number of nitrogens with zero attached hydrogens (tertiary/aromatic N) is 2. The number of aliphatic hydroxyl groups is 2. The number of esters is 2. The lowest BCUT2D eigenvalue weighted by molar-refractivity contribution is -0.161. The molecule has 20 heteroatoms. The van der Waals surface area contributed by atoms with E-state index in [1.54, 1.807) is 0 Å². The van der Waals surface area contributed by atoms with Gasteiger partial charge in [-0.2, -0.15) is 9.29 Å². The molecule has 0 saturated carbocycles. The number of nitrogens with two attached hydrogens (primary N) is 1. The predicted molar refractivity (Wildman–Crippen MR) is 234 cm³/mol. The van der Waals surface area contributed by atoms with Crippen LogP contribution in [0.3, 0.4) is 0 Å². The monoisotopic (exact) mass is 925 g/mol. The maximum atomic E-state index is 12.8. The summed E-state index contributed by atoms with van der Waals surface area (Å²) < 4.78 is 56.6. The maximum absolute atomic E-state index is 12.8. The maximum Gasteiger partial charge on any atom is 0.481 e. The summed E-state index contributed by atoms with van der Waals surface area (Å²) in [5.41, 5.74) is 4.58. The van der Waals surface area contributed by atoms with Crippen molar-refractivity contribution in [2.24, 2.45) is 11.8 Å². The van der Waals surface area contributed by atoms with Gasteiger partial charge in [-0.1, -0.05) is 143 Å². The zero-order valence-corrected chi connectivity index (χ0v) is 39.3. The summed E-state index contributed by atoms with van der Waals surface area (Å²) in [4.78, 5) is 61.6. The number of aromatic nitrogens is 2. The molecule has 0 amide bonds. The van der Waals surface area contributed by atoms with Gasteiger partial charge in [-0.05, 0) is 30.7 Å². The molecule has 18 nitrogen and oxygen atoms in total. The number of phosphoric ester groups is 2. The van der Waals surface area contributed by atoms with E-state index in [2.05, 4.69) is 37.0 Å². The Morgan fingerprint density at radius 2 is 1.29 bits per heavy atom. The predicted octanol–water partition coefficient (Wildman–Crippen LogP) is 8.04. The van der Waals surface area contributed by atoms with E-state index in [0.717, 1.165) is 74.0 Å². The van der Waals surface area contributed by atoms with Crippen molar-refractivity contribution in [2.45, 2.75) is 200 Å². The summed E-state index contributed by atoms with van der Waals surface area (Å²) in [5.74, 6) is 0.217. The van der Waals surface area contributed by atoms with E-state index >= 15 is 0 Å². The number of phosphoric acid groups is 2. The summed E-state index contributed by atoms with van der Waals surface area (Å²) in [7, 11) is -10.8. The summed E-state index contributed by atoms with van der Waals surface area (Å²) in [6.45, 7) is 6.69. The average molecular weight is 926 g/mol. The molecule has 0 aliphatic carbocycles. The Hall–Kier alpha value is -2.24. The summed E-state index contributed by atoms with van der Waals surface area (Å²) in [6, 6.07) is 1.25. The molecule has 6 N–H and O–H groups in total. The van der Waals surface area contributed by atoms with Gasteiger partial charge in [-0.3, -0.25) is 23.2 Å². The zero-order valence-electron chi connectivity index (χ0n) is 37.5. The number of nitrogen functional groups attached to an aromatic ring is 1. The van der Waals surface area contributed by atoms with Gasteiger partial charge in [0.05, 0.1) is 13.2 Å². The van der Waals surface area contributed by atoms with Crippen molar-refractivity contribution in [1.29, 1.82) is 0 Å². The van der Waals surface area contributed by atoms with Crippen LogP contribution >= 0.6 is 15.6 Å². The number of carbonyl (C=O) groups is 2. The van der Waals surface area contributed by atoms with Gasteiger partial charge in [0.1, 0.15) is 30.7 Å². The molecule has 0 radical (unpaired) electrons. The fourth-order valence-electron chi connectivity index (χ4n) is 6.94. The second kappa shape index (κ2) is 30.8. The first kappa shape index (κ1) is 55.9. The Kier molecular flexibility index (Phi) is 27.8. The number of rotatable bonds is 36. The SMILES string of the molecule is CCC(C)CCCCCCCCCCC(=O)OC[C@H](COP(=O)(O)OP(=O)(O)OC[C@H]1O[C@@H](n2ccc(N)nc2=O)C(O)[C@H]1O)OC(=O)CCCCCCCCCCCC(C)C. The molecule has 1 aromatic heterocycles. The molecule has 4 unspecified atom stereocenters. The molecule has 2 heterocycles. The number of ether oxygens (including phenoxy) is 3. The Morgan fingerprint density at radius 1 is 0.774 bits per heavy atom. The van der Waals surface area contributed by atoms with Gasteiger partial charge in [-0.15, -0.1) is 0 Å². The molecule has 1 aliphatic heterocycles. The minimum atomic E-state index is -5.41. The van der Waals surface area contributed by atoms with Crippen molar-refractivity contribution in [1.82, 2.24) is 9.55 Å². The molecule has 1 aliphatic rings. The lowest BCUT2D eigenvalue weighted by Crippen LogP contribution is -2.36. The van der Waals surface area contributed by atoms with Gasteiger partial charge in [0.15, 0.2) is 12.3 Å². The van der Waals surface area contributed by atoms with Crippen LogP contribution in [0.2, 0.25) is 0 Å². The van der Waals surface area contributed by atoms with Gasteiger partial charge in [0, 0.05) is 19.0 Å². The van der Waals surface area contributed by atoms with E-state index in [1.165, 1.54) is 70.3 Å². The van der Waals surface area contributed by atoms with Crippen molar-refractivity contribution in [3.05, 3.63) is 22.7 Å². The fraction of sp³-hybridized carbons (Fsp3) is 0.857. The Morgan fingerprint density at radius 3 is 1.84 bits per heavy atom. The first-order valence-electron chi connectivity index (χ1n) is 22.8. The molecule has 62 heavy (non-hydrogen) atoms. The van der Waals surface area contributed by atoms with Crippen LogP contribution in [-0.4, -0.2) is 85.7 Å². The highest BCUT2D eigenvalue weighted by Gasteiger charge is 2.46. The van der Waals surface area contributed by atoms with Gasteiger partial charge in [0.2, 0.25) is 0 Å². The van der Waals surface area contributed by atoms with E-state index in [0.29, 0.717) is 12.8 Å². The third kappa shape index (κ3) is 24.7. The largest absolute Gasteiger partial charge is 0.481 e. The van der Waals surface area contributed by atoms with Crippen molar-refractivity contribution < 1.29 is 66.3 Å². The molecular formula is C42H77N3O15P2. The van der Waals surface area contributed by atoms with E-state index in [-0.39, 0.29) is 18.7 Å². The Bertz CT molecular complexity index is 1570. The summed E-state index contributed by atoms with van der Waals surface area (Å²) >= 11 is 0. The van der Waals surface area contributed by atoms with Crippen molar-refractivity contribution in [3.8, 4) is 0 Å². The second-order valence-electron chi connectivity index (χ2n) is 17.0. The third-order valence-electron chi connectivity index (χ3n) is 10.9. The van der Waals surface area contributed by atoms with Crippen LogP contribution in [0.4, 0.5) is 5.82 Å². The van der Waals surface area contributed by atoms with Crippen LogP contribution < -0.4 is 11.4 Å². The summed E-state index contributed by atoms with van der Waals surface area (Å²) in [5, 5.41) is 20.8. The van der Waals surface area contributed by atoms with Crippen molar-refractivity contribution in [3.63, 3.8) is 0 Å². The van der Waals surface area contributed by atoms with E-state index in [1.807, 2.05) is 0 Å². The highest BCUT2D eigenvalue weighted by molar-refractivity contribution is 7.61. The summed E-state index contributed by atoms with van der Waals surface area (Å²) in [6.07, 6.45) is 15.2. The normalized spacial score (nSPS) is 20.7. The molecule has 0 bridgehead atoms. The lowest BCUT2D eigenvalue weighted by atomic mass is 9.99. The Labute approximate surface area is 368 Å². The first-order chi connectivity index (χ1) is 29.4. The molecule has 2 rings (SSSR count). The van der Waals surface area contributed by atoms with Gasteiger partial charge < -0.3 is 39.9 Å². The highest BCUT2D eigenvalue weighted by Crippen LogP contribution is 2.60. The number of hydrogen-bond donors (Lipinski definition) is 5. The van der Waals surface area contributed by atoms with Crippen LogP contribution in [0.25, 0.3) is 0 Å². The van der Waals surface area contributed by atoms with Crippen LogP contribution in [0.5, 0.6) is 0 Å². The van der Waals surface area contributed by atoms with Crippen LogP contribution in [-0.2, 0) is 46.3 Å². The van der Waals surface area contributed by atoms with Crippen LogP contribution in [0.1, 0.15) is 175 Å². The number of unbranched alkanes of at least 4 members (excludes halogenated alkanes) is 15. The van der Waals surface area contributed by atoms with E-state index in [9.17, 15) is 43.5 Å². The topological polar surface area (TPSA) is 265 Å². The number of carbonyl (C=O) groups excluding carboxylic acids is 2. The fourth-order valence-corrected chi connectivity index (χ4v) is 9.05. The molecule has 1 aromatic rings. The van der Waals surface area contributed by atoms with E-state index in [4.69, 9.17) is 29.0 Å². The lowest BCUT2D eigenvalue weighted by Gasteiger charge is -2.21. The van der Waals surface area contributed by atoms with Gasteiger partial charge >= 0.3 is 33.3 Å². The molecular weight excluding hydrogens is 848 g/mol. The number of anilines is 1. The zero-order chi connectivity index (χ0) is 46.0. The number of aliphatic hydroxyl groups excluding tert-OH is 2. The second-order valence-corrected chi connectivity index (χ2v) is 20.0. The smallest absolute Gasteiger partial charge is 0.462 e. The van der Waals surface area contributed by atoms with Gasteiger partial charge in [0.25, 0.3) is 0 Å².